The van der Waals surface area contributed by atoms with E-state index >= 15 is 0 Å². The fraction of sp³-hybridized carbons (Fsp3) is 0.630. The fourth-order valence-corrected chi connectivity index (χ4v) is 7.60. The van der Waals surface area contributed by atoms with Crippen molar-refractivity contribution in [2.45, 2.75) is 81.9 Å². The summed E-state index contributed by atoms with van der Waals surface area (Å²) in [5.41, 5.74) is 2.38. The number of amides is 2. The molecule has 7 atom stereocenters. The van der Waals surface area contributed by atoms with Crippen molar-refractivity contribution < 1.29 is 19.1 Å². The van der Waals surface area contributed by atoms with Gasteiger partial charge >= 0.3 is 0 Å². The summed E-state index contributed by atoms with van der Waals surface area (Å²) in [5.74, 6) is 2.08. The molecule has 2 bridgehead atoms. The Bertz CT molecular complexity index is 1040. The predicted octanol–water partition coefficient (Wildman–Crippen LogP) is 2.84. The topological polar surface area (TPSA) is 71.1 Å². The number of rotatable bonds is 4. The summed E-state index contributed by atoms with van der Waals surface area (Å²) >= 11 is 0. The minimum Gasteiger partial charge on any atom is -0.489 e. The van der Waals surface area contributed by atoms with Crippen molar-refractivity contribution in [3.05, 3.63) is 41.6 Å². The Morgan fingerprint density at radius 3 is 2.59 bits per heavy atom. The molecule has 7 heteroatoms. The number of allylic oxidation sites excluding steroid dienone is 1. The fourth-order valence-electron chi connectivity index (χ4n) is 7.60. The van der Waals surface area contributed by atoms with Crippen molar-refractivity contribution in [1.29, 1.82) is 0 Å². The molecule has 5 aliphatic heterocycles. The van der Waals surface area contributed by atoms with Gasteiger partial charge in [0.1, 0.15) is 17.9 Å². The molecule has 34 heavy (non-hydrogen) atoms. The van der Waals surface area contributed by atoms with Crippen LogP contribution in [0.15, 0.2) is 30.5 Å². The Balaban J connectivity index is 1.04. The Hall–Kier alpha value is -2.38. The highest BCUT2D eigenvalue weighted by Gasteiger charge is 2.54. The number of nitrogens with one attached hydrogen (secondary N) is 1. The Morgan fingerprint density at radius 2 is 1.82 bits per heavy atom. The molecule has 0 radical (unpaired) electrons. The molecule has 180 valence electrons. The summed E-state index contributed by atoms with van der Waals surface area (Å²) in [5, 5.41) is 2.80. The van der Waals surface area contributed by atoms with E-state index in [1.807, 2.05) is 18.2 Å². The highest BCUT2D eigenvalue weighted by Crippen LogP contribution is 2.48. The molecule has 3 unspecified atom stereocenters. The van der Waals surface area contributed by atoms with Gasteiger partial charge in [-0.05, 0) is 68.7 Å². The predicted molar refractivity (Wildman–Crippen MR) is 125 cm³/mol. The maximum absolute atomic E-state index is 13.0. The minimum absolute atomic E-state index is 0.0617. The Morgan fingerprint density at radius 1 is 1.03 bits per heavy atom. The second-order valence-electron chi connectivity index (χ2n) is 11.1. The van der Waals surface area contributed by atoms with Crippen LogP contribution in [0, 0.1) is 11.8 Å². The van der Waals surface area contributed by atoms with Crippen LogP contribution in [0.3, 0.4) is 0 Å². The average Bonchev–Trinajstić information content (AvgIpc) is 3.62. The van der Waals surface area contributed by atoms with Crippen LogP contribution < -0.4 is 10.1 Å². The molecule has 1 aromatic carbocycles. The quantitative estimate of drug-likeness (QED) is 0.744. The molecule has 1 aromatic rings. The summed E-state index contributed by atoms with van der Waals surface area (Å²) in [6.45, 7) is 6.61. The number of ether oxygens (including phenoxy) is 2. The first-order valence-electron chi connectivity index (χ1n) is 13.0. The maximum atomic E-state index is 13.0. The number of nitrogens with zero attached hydrogens (tertiary/aromatic N) is 2. The lowest BCUT2D eigenvalue weighted by molar-refractivity contribution is -0.126. The van der Waals surface area contributed by atoms with E-state index in [0.29, 0.717) is 55.0 Å². The third-order valence-electron chi connectivity index (χ3n) is 9.26. The number of likely N-dealkylation sites (tertiary alicyclic amines) is 1. The Kier molecular flexibility index (Phi) is 4.82. The van der Waals surface area contributed by atoms with E-state index < -0.39 is 6.04 Å². The van der Waals surface area contributed by atoms with Crippen molar-refractivity contribution >= 4 is 11.8 Å². The number of carbonyl (C=O) groups excluding carboxylic acids is 2. The molecule has 7 nitrogen and oxygen atoms in total. The van der Waals surface area contributed by atoms with E-state index in [9.17, 15) is 9.59 Å². The highest BCUT2D eigenvalue weighted by atomic mass is 16.5. The van der Waals surface area contributed by atoms with Gasteiger partial charge in [0, 0.05) is 48.8 Å². The van der Waals surface area contributed by atoms with E-state index in [0.717, 1.165) is 36.5 Å². The van der Waals surface area contributed by atoms with Gasteiger partial charge in [-0.2, -0.15) is 0 Å². The van der Waals surface area contributed by atoms with E-state index in [1.54, 1.807) is 4.90 Å². The van der Waals surface area contributed by atoms with Crippen molar-refractivity contribution in [3.63, 3.8) is 0 Å². The number of carbonyl (C=O) groups is 2. The average molecular weight is 464 g/mol. The van der Waals surface area contributed by atoms with E-state index in [-0.39, 0.29) is 17.9 Å². The van der Waals surface area contributed by atoms with Gasteiger partial charge in [-0.25, -0.2) is 0 Å². The monoisotopic (exact) mass is 463 g/mol. The molecule has 2 amide bonds. The molecule has 4 saturated heterocycles. The van der Waals surface area contributed by atoms with Gasteiger partial charge in [0.2, 0.25) is 5.91 Å². The SMILES string of the molecule is C=C1CCC(N2Cc3cc(OC4CCCC4N4C[C@@H]5[C@H](C4)[C@H]4CC[C@@H]5O4)ccc3C2=O)C(=O)N1. The first kappa shape index (κ1) is 20.9. The third-order valence-corrected chi connectivity index (χ3v) is 9.26. The zero-order chi connectivity index (χ0) is 23.0. The highest BCUT2D eigenvalue weighted by molar-refractivity contribution is 6.01. The van der Waals surface area contributed by atoms with Crippen molar-refractivity contribution in [3.8, 4) is 5.75 Å². The number of piperidine rings is 1. The summed E-state index contributed by atoms with van der Waals surface area (Å²) in [6, 6.07) is 5.88. The molecule has 0 spiro atoms. The molecule has 1 saturated carbocycles. The smallest absolute Gasteiger partial charge is 0.255 e. The number of hydrogen-bond donors (Lipinski definition) is 1. The van der Waals surface area contributed by atoms with Gasteiger partial charge in [0.15, 0.2) is 0 Å². The van der Waals surface area contributed by atoms with Crippen molar-refractivity contribution in [2.24, 2.45) is 11.8 Å². The van der Waals surface area contributed by atoms with Crippen LogP contribution in [-0.2, 0) is 16.1 Å². The molecule has 6 aliphatic rings. The van der Waals surface area contributed by atoms with Crippen LogP contribution >= 0.6 is 0 Å². The summed E-state index contributed by atoms with van der Waals surface area (Å²) in [6.07, 6.45) is 8.46. The number of fused-ring (bicyclic) bond motifs is 6. The van der Waals surface area contributed by atoms with Crippen LogP contribution in [0.4, 0.5) is 0 Å². The van der Waals surface area contributed by atoms with Gasteiger partial charge in [0.05, 0.1) is 12.2 Å². The van der Waals surface area contributed by atoms with Crippen molar-refractivity contribution in [1.82, 2.24) is 15.1 Å². The van der Waals surface area contributed by atoms with Crippen LogP contribution in [0.2, 0.25) is 0 Å². The van der Waals surface area contributed by atoms with Gasteiger partial charge < -0.3 is 19.7 Å². The summed E-state index contributed by atoms with van der Waals surface area (Å²) in [7, 11) is 0. The third kappa shape index (κ3) is 3.23. The van der Waals surface area contributed by atoms with Gasteiger partial charge in [0.25, 0.3) is 5.91 Å². The van der Waals surface area contributed by atoms with Gasteiger partial charge in [-0.1, -0.05) is 6.58 Å². The number of benzene rings is 1. The molecular weight excluding hydrogens is 430 g/mol. The standard InChI is InChI=1S/C27H33N3O4/c1-15-5-8-22(26(31)28-15)30-12-16-11-17(6-7-18(16)27(30)32)33-25-4-2-3-21(25)29-13-19-20(14-29)24-10-9-23(19)34-24/h6-7,11,19-25H,1-5,8-10,12-14H2,(H,28,31)/t19-,20+,21?,22?,23+,24-,25?. The first-order chi connectivity index (χ1) is 16.5. The number of hydrogen-bond acceptors (Lipinski definition) is 5. The zero-order valence-corrected chi connectivity index (χ0v) is 19.6. The van der Waals surface area contributed by atoms with E-state index in [1.165, 1.54) is 25.7 Å². The molecule has 1 aliphatic carbocycles. The van der Waals surface area contributed by atoms with E-state index in [4.69, 9.17) is 9.47 Å². The van der Waals surface area contributed by atoms with Crippen LogP contribution in [0.5, 0.6) is 5.75 Å². The Labute approximate surface area is 200 Å². The molecule has 5 fully saturated rings. The van der Waals surface area contributed by atoms with Gasteiger partial charge in [-0.15, -0.1) is 0 Å². The molecule has 5 heterocycles. The molecular formula is C27H33N3O4. The zero-order valence-electron chi connectivity index (χ0n) is 19.6. The maximum Gasteiger partial charge on any atom is 0.255 e. The molecule has 7 rings (SSSR count). The van der Waals surface area contributed by atoms with Gasteiger partial charge in [-0.3, -0.25) is 14.5 Å². The first-order valence-corrected chi connectivity index (χ1v) is 13.0. The summed E-state index contributed by atoms with van der Waals surface area (Å²) < 4.78 is 12.7. The lowest BCUT2D eigenvalue weighted by Gasteiger charge is -2.31. The molecule has 0 aromatic heterocycles. The van der Waals surface area contributed by atoms with Crippen LogP contribution in [0.1, 0.15) is 60.9 Å². The van der Waals surface area contributed by atoms with E-state index in [2.05, 4.69) is 16.8 Å². The lowest BCUT2D eigenvalue weighted by atomic mass is 9.82. The largest absolute Gasteiger partial charge is 0.489 e. The summed E-state index contributed by atoms with van der Waals surface area (Å²) in [4.78, 5) is 29.9. The van der Waals surface area contributed by atoms with Crippen LogP contribution in [0.25, 0.3) is 0 Å². The normalized spacial score (nSPS) is 39.0. The molecule has 1 N–H and O–H groups in total. The van der Waals surface area contributed by atoms with Crippen molar-refractivity contribution in [2.75, 3.05) is 13.1 Å². The van der Waals surface area contributed by atoms with Crippen LogP contribution in [-0.4, -0.2) is 65.1 Å². The second kappa shape index (κ2) is 7.82. The minimum atomic E-state index is -0.428. The lowest BCUT2D eigenvalue weighted by Crippen LogP contribution is -2.49. The second-order valence-corrected chi connectivity index (χ2v) is 11.1.